The standard InChI is InChI=1S/C18H15FN2O2S/c1-11-2-8-14(9-3-11)20-16(22)15-10-24-17(21(15)18(20)23)12-4-6-13(19)7-5-12/h2-9,15,17H,10H2,1H3/t15-,17+/m1/s1. The number of rotatable bonds is 2. The normalized spacial score (nSPS) is 23.1. The molecule has 6 heteroatoms. The van der Waals surface area contributed by atoms with Crippen molar-refractivity contribution >= 4 is 29.4 Å². The molecule has 0 radical (unpaired) electrons. The molecule has 2 aromatic carbocycles. The van der Waals surface area contributed by atoms with Gasteiger partial charge in [0.1, 0.15) is 17.2 Å². The maximum atomic E-state index is 13.1. The molecule has 2 saturated heterocycles. The molecule has 2 heterocycles. The van der Waals surface area contributed by atoms with E-state index in [0.717, 1.165) is 11.1 Å². The SMILES string of the molecule is Cc1ccc(N2C(=O)[C@H]3CS[C@@H](c4ccc(F)cc4)N3C2=O)cc1. The van der Waals surface area contributed by atoms with Crippen LogP contribution in [0, 0.1) is 12.7 Å². The molecular weight excluding hydrogens is 327 g/mol. The third-order valence-corrected chi connectivity index (χ3v) is 5.69. The summed E-state index contributed by atoms with van der Waals surface area (Å²) in [4.78, 5) is 28.4. The largest absolute Gasteiger partial charge is 0.333 e. The van der Waals surface area contributed by atoms with Crippen LogP contribution in [0.3, 0.4) is 0 Å². The monoisotopic (exact) mass is 342 g/mol. The fourth-order valence-corrected chi connectivity index (χ4v) is 4.52. The molecule has 0 spiro atoms. The van der Waals surface area contributed by atoms with Gasteiger partial charge in [-0.2, -0.15) is 0 Å². The lowest BCUT2D eigenvalue weighted by molar-refractivity contribution is -0.119. The Morgan fingerprint density at radius 1 is 1.04 bits per heavy atom. The topological polar surface area (TPSA) is 40.6 Å². The van der Waals surface area contributed by atoms with Crippen molar-refractivity contribution in [1.82, 2.24) is 4.90 Å². The second-order valence-corrected chi connectivity index (χ2v) is 7.07. The van der Waals surface area contributed by atoms with Crippen molar-refractivity contribution in [3.05, 3.63) is 65.5 Å². The first-order valence-corrected chi connectivity index (χ1v) is 8.71. The molecule has 2 atom stereocenters. The summed E-state index contributed by atoms with van der Waals surface area (Å²) in [5.74, 6) is 0.0407. The van der Waals surface area contributed by atoms with Crippen LogP contribution in [0.1, 0.15) is 16.5 Å². The maximum absolute atomic E-state index is 13.1. The van der Waals surface area contributed by atoms with Gasteiger partial charge in [-0.25, -0.2) is 14.1 Å². The van der Waals surface area contributed by atoms with Gasteiger partial charge in [0.25, 0.3) is 5.91 Å². The number of hydrogen-bond donors (Lipinski definition) is 0. The van der Waals surface area contributed by atoms with E-state index >= 15 is 0 Å². The zero-order valence-corrected chi connectivity index (χ0v) is 13.8. The van der Waals surface area contributed by atoms with E-state index in [1.807, 2.05) is 19.1 Å². The third-order valence-electron chi connectivity index (χ3n) is 4.37. The van der Waals surface area contributed by atoms with E-state index in [4.69, 9.17) is 0 Å². The molecule has 2 aliphatic heterocycles. The van der Waals surface area contributed by atoms with Crippen molar-refractivity contribution in [1.29, 1.82) is 0 Å². The Labute approximate surface area is 143 Å². The first-order valence-electron chi connectivity index (χ1n) is 7.66. The smallest absolute Gasteiger partial charge is 0.295 e. The average molecular weight is 342 g/mol. The Kier molecular flexibility index (Phi) is 3.57. The van der Waals surface area contributed by atoms with Gasteiger partial charge in [0.15, 0.2) is 0 Å². The number of nitrogens with zero attached hydrogens (tertiary/aromatic N) is 2. The molecule has 4 nitrogen and oxygen atoms in total. The van der Waals surface area contributed by atoms with E-state index in [0.29, 0.717) is 11.4 Å². The molecule has 0 saturated carbocycles. The molecule has 0 N–H and O–H groups in total. The zero-order chi connectivity index (χ0) is 16.8. The van der Waals surface area contributed by atoms with Crippen LogP contribution >= 0.6 is 11.8 Å². The highest BCUT2D eigenvalue weighted by Gasteiger charge is 2.53. The molecule has 4 rings (SSSR count). The third kappa shape index (κ3) is 2.29. The summed E-state index contributed by atoms with van der Waals surface area (Å²) in [7, 11) is 0. The number of fused-ring (bicyclic) bond motifs is 1. The summed E-state index contributed by atoms with van der Waals surface area (Å²) in [6.07, 6.45) is 0. The van der Waals surface area contributed by atoms with E-state index in [1.54, 1.807) is 29.2 Å². The van der Waals surface area contributed by atoms with Gasteiger partial charge in [-0.3, -0.25) is 9.69 Å². The fraction of sp³-hybridized carbons (Fsp3) is 0.222. The highest BCUT2D eigenvalue weighted by atomic mass is 32.2. The van der Waals surface area contributed by atoms with Gasteiger partial charge >= 0.3 is 6.03 Å². The molecule has 0 aromatic heterocycles. The quantitative estimate of drug-likeness (QED) is 0.781. The Morgan fingerprint density at radius 2 is 1.71 bits per heavy atom. The second-order valence-electron chi connectivity index (χ2n) is 5.95. The molecule has 0 aliphatic carbocycles. The zero-order valence-electron chi connectivity index (χ0n) is 13.0. The Bertz CT molecular complexity index is 807. The van der Waals surface area contributed by atoms with Gasteiger partial charge < -0.3 is 0 Å². The van der Waals surface area contributed by atoms with Crippen LogP contribution in [0.25, 0.3) is 0 Å². The maximum Gasteiger partial charge on any atom is 0.333 e. The molecule has 122 valence electrons. The average Bonchev–Trinajstić information content (AvgIpc) is 3.11. The highest BCUT2D eigenvalue weighted by Crippen LogP contribution is 2.46. The van der Waals surface area contributed by atoms with Crippen LogP contribution in [-0.4, -0.2) is 28.6 Å². The number of carbonyl (C=O) groups is 2. The molecule has 2 fully saturated rings. The number of aryl methyl sites for hydroxylation is 1. The van der Waals surface area contributed by atoms with Crippen LogP contribution in [0.5, 0.6) is 0 Å². The number of carbonyl (C=O) groups excluding carboxylic acids is 2. The van der Waals surface area contributed by atoms with Crippen LogP contribution in [0.4, 0.5) is 14.9 Å². The van der Waals surface area contributed by atoms with Gasteiger partial charge in [0, 0.05) is 5.75 Å². The van der Waals surface area contributed by atoms with Crippen molar-refractivity contribution in [3.63, 3.8) is 0 Å². The van der Waals surface area contributed by atoms with Gasteiger partial charge in [-0.15, -0.1) is 11.8 Å². The lowest BCUT2D eigenvalue weighted by Crippen LogP contribution is -2.33. The summed E-state index contributed by atoms with van der Waals surface area (Å²) in [5, 5.41) is -0.262. The highest BCUT2D eigenvalue weighted by molar-refractivity contribution is 7.99. The van der Waals surface area contributed by atoms with E-state index in [9.17, 15) is 14.0 Å². The number of anilines is 1. The summed E-state index contributed by atoms with van der Waals surface area (Å²) >= 11 is 1.54. The van der Waals surface area contributed by atoms with E-state index < -0.39 is 6.04 Å². The second kappa shape index (κ2) is 5.63. The van der Waals surface area contributed by atoms with Crippen molar-refractivity contribution in [2.75, 3.05) is 10.7 Å². The number of halogens is 1. The predicted octanol–water partition coefficient (Wildman–Crippen LogP) is 3.72. The van der Waals surface area contributed by atoms with Crippen LogP contribution in [-0.2, 0) is 4.79 Å². The van der Waals surface area contributed by atoms with E-state index in [2.05, 4.69) is 0 Å². The molecule has 2 aromatic rings. The van der Waals surface area contributed by atoms with Crippen molar-refractivity contribution in [2.45, 2.75) is 18.3 Å². The van der Waals surface area contributed by atoms with Crippen LogP contribution in [0.15, 0.2) is 48.5 Å². The molecule has 24 heavy (non-hydrogen) atoms. The lowest BCUT2D eigenvalue weighted by Gasteiger charge is -2.23. The predicted molar refractivity (Wildman–Crippen MR) is 91.3 cm³/mol. The van der Waals surface area contributed by atoms with Gasteiger partial charge in [0.05, 0.1) is 5.69 Å². The minimum Gasteiger partial charge on any atom is -0.295 e. The lowest BCUT2D eigenvalue weighted by atomic mass is 10.2. The molecule has 0 bridgehead atoms. The fourth-order valence-electron chi connectivity index (χ4n) is 3.10. The first kappa shape index (κ1) is 15.2. The number of thioether (sulfide) groups is 1. The van der Waals surface area contributed by atoms with Crippen molar-refractivity contribution in [2.24, 2.45) is 0 Å². The minimum atomic E-state index is -0.459. The first-order chi connectivity index (χ1) is 11.6. The molecule has 2 aliphatic rings. The Morgan fingerprint density at radius 3 is 2.38 bits per heavy atom. The van der Waals surface area contributed by atoms with Gasteiger partial charge in [-0.05, 0) is 36.8 Å². The Balaban J connectivity index is 1.67. The number of imide groups is 1. The van der Waals surface area contributed by atoms with Crippen molar-refractivity contribution in [3.8, 4) is 0 Å². The van der Waals surface area contributed by atoms with Crippen molar-refractivity contribution < 1.29 is 14.0 Å². The number of benzene rings is 2. The summed E-state index contributed by atoms with van der Waals surface area (Å²) in [5.41, 5.74) is 2.49. The summed E-state index contributed by atoms with van der Waals surface area (Å²) < 4.78 is 13.1. The van der Waals surface area contributed by atoms with Gasteiger partial charge in [-0.1, -0.05) is 29.8 Å². The van der Waals surface area contributed by atoms with Crippen LogP contribution in [0.2, 0.25) is 0 Å². The van der Waals surface area contributed by atoms with Crippen LogP contribution < -0.4 is 4.90 Å². The van der Waals surface area contributed by atoms with E-state index in [1.165, 1.54) is 28.8 Å². The summed E-state index contributed by atoms with van der Waals surface area (Å²) in [6.45, 7) is 1.96. The summed E-state index contributed by atoms with van der Waals surface area (Å²) in [6, 6.07) is 12.7. The number of hydrogen-bond acceptors (Lipinski definition) is 3. The van der Waals surface area contributed by atoms with E-state index in [-0.39, 0.29) is 23.1 Å². The molecule has 3 amide bonds. The Hall–Kier alpha value is -2.34. The number of amides is 3. The number of urea groups is 1. The minimum absolute atomic E-state index is 0.194. The molecular formula is C18H15FN2O2S. The molecule has 0 unspecified atom stereocenters. The van der Waals surface area contributed by atoms with Gasteiger partial charge in [0.2, 0.25) is 0 Å².